The molecule has 11 heteroatoms. The van der Waals surface area contributed by atoms with Gasteiger partial charge in [-0.1, -0.05) is 32.0 Å². The number of hydrogen-bond donors (Lipinski definition) is 2. The summed E-state index contributed by atoms with van der Waals surface area (Å²) in [4.78, 5) is 34.1. The Hall–Kier alpha value is -3.96. The number of fused-ring (bicyclic) bond motifs is 2. The summed E-state index contributed by atoms with van der Waals surface area (Å²) in [5.41, 5.74) is 0.741. The van der Waals surface area contributed by atoms with Crippen molar-refractivity contribution in [3.63, 3.8) is 0 Å². The first-order chi connectivity index (χ1) is 20.4. The van der Waals surface area contributed by atoms with Gasteiger partial charge in [0.05, 0.1) is 26.2 Å². The van der Waals surface area contributed by atoms with Gasteiger partial charge in [-0.25, -0.2) is 5.06 Å². The Morgan fingerprint density at radius 2 is 1.95 bits per heavy atom. The van der Waals surface area contributed by atoms with Crippen molar-refractivity contribution in [2.45, 2.75) is 51.6 Å². The molecule has 1 unspecified atom stereocenters. The summed E-state index contributed by atoms with van der Waals surface area (Å²) in [6.45, 7) is 5.62. The Bertz CT molecular complexity index is 1420. The normalized spacial score (nSPS) is 19.8. The number of hydroxylamine groups is 2. The van der Waals surface area contributed by atoms with Gasteiger partial charge in [-0.05, 0) is 43.0 Å². The first kappa shape index (κ1) is 29.5. The Morgan fingerprint density at radius 3 is 2.67 bits per heavy atom. The van der Waals surface area contributed by atoms with E-state index in [-0.39, 0.29) is 25.1 Å². The van der Waals surface area contributed by atoms with Crippen molar-refractivity contribution < 1.29 is 38.9 Å². The maximum atomic E-state index is 13.5. The molecule has 1 aromatic heterocycles. The number of carboxylic acids is 1. The topological polar surface area (TPSA) is 123 Å². The highest BCUT2D eigenvalue weighted by atomic mass is 16.7. The van der Waals surface area contributed by atoms with Crippen molar-refractivity contribution in [1.82, 2.24) is 14.5 Å². The number of hydrogen-bond acceptors (Lipinski definition) is 8. The monoisotopic (exact) mass is 581 g/mol. The first-order valence-corrected chi connectivity index (χ1v) is 14.5. The second-order valence-electron chi connectivity index (χ2n) is 10.8. The van der Waals surface area contributed by atoms with Gasteiger partial charge in [0.15, 0.2) is 17.4 Å². The third kappa shape index (κ3) is 5.84. The van der Waals surface area contributed by atoms with E-state index in [0.29, 0.717) is 49.9 Å². The summed E-state index contributed by atoms with van der Waals surface area (Å²) in [5, 5.41) is 24.5. The highest BCUT2D eigenvalue weighted by Crippen LogP contribution is 2.47. The minimum absolute atomic E-state index is 0.00990. The van der Waals surface area contributed by atoms with Crippen molar-refractivity contribution in [3.8, 4) is 23.1 Å². The van der Waals surface area contributed by atoms with Gasteiger partial charge in [0.2, 0.25) is 12.5 Å². The van der Waals surface area contributed by atoms with Crippen LogP contribution in [0.15, 0.2) is 42.6 Å². The van der Waals surface area contributed by atoms with Crippen LogP contribution in [0.4, 0.5) is 0 Å². The Balaban J connectivity index is 1.47. The molecule has 3 aromatic rings. The number of carboxylic acid groups (broad SMARTS) is 1. The van der Waals surface area contributed by atoms with Gasteiger partial charge in [0, 0.05) is 48.6 Å². The van der Waals surface area contributed by atoms with Gasteiger partial charge in [0.25, 0.3) is 5.91 Å². The van der Waals surface area contributed by atoms with E-state index in [1.807, 2.05) is 55.3 Å². The largest absolute Gasteiger partial charge is 0.494 e. The van der Waals surface area contributed by atoms with E-state index in [0.717, 1.165) is 29.2 Å². The molecule has 1 saturated heterocycles. The molecule has 1 fully saturated rings. The van der Waals surface area contributed by atoms with E-state index in [2.05, 4.69) is 0 Å². The van der Waals surface area contributed by atoms with Crippen LogP contribution in [0, 0.1) is 5.92 Å². The van der Waals surface area contributed by atoms with Gasteiger partial charge in [0.1, 0.15) is 0 Å². The number of methoxy groups -OCH3 is 1. The van der Waals surface area contributed by atoms with Crippen LogP contribution in [0.2, 0.25) is 0 Å². The highest BCUT2D eigenvalue weighted by molar-refractivity contribution is 5.87. The molecule has 11 nitrogen and oxygen atoms in total. The SMILES string of the molecule is CCCON(CCC)C(=O)CN1C[C@H](c2cc(OC)c3c(c2)OCO3)C(C(=O)O)[C@@H]1CCn1cc2ccccc2c1O. The van der Waals surface area contributed by atoms with Gasteiger partial charge < -0.3 is 29.0 Å². The van der Waals surface area contributed by atoms with Crippen LogP contribution in [-0.4, -0.2) is 82.8 Å². The van der Waals surface area contributed by atoms with E-state index in [4.69, 9.17) is 19.0 Å². The molecule has 5 rings (SSSR count). The van der Waals surface area contributed by atoms with E-state index in [9.17, 15) is 19.8 Å². The number of carbonyl (C=O) groups is 2. The van der Waals surface area contributed by atoms with E-state index >= 15 is 0 Å². The molecule has 0 spiro atoms. The van der Waals surface area contributed by atoms with E-state index in [1.54, 1.807) is 10.6 Å². The fourth-order valence-corrected chi connectivity index (χ4v) is 6.11. The van der Waals surface area contributed by atoms with E-state index < -0.39 is 23.8 Å². The molecule has 226 valence electrons. The smallest absolute Gasteiger partial charge is 0.308 e. The highest BCUT2D eigenvalue weighted by Gasteiger charge is 2.47. The fourth-order valence-electron chi connectivity index (χ4n) is 6.11. The van der Waals surface area contributed by atoms with Crippen molar-refractivity contribution in [2.75, 3.05) is 40.1 Å². The third-order valence-corrected chi connectivity index (χ3v) is 8.07. The van der Waals surface area contributed by atoms with Gasteiger partial charge in [-0.15, -0.1) is 0 Å². The molecule has 0 radical (unpaired) electrons. The molecule has 0 bridgehead atoms. The Morgan fingerprint density at radius 1 is 1.14 bits per heavy atom. The summed E-state index contributed by atoms with van der Waals surface area (Å²) >= 11 is 0. The predicted molar refractivity (Wildman–Crippen MR) is 155 cm³/mol. The molecule has 2 N–H and O–H groups in total. The maximum Gasteiger partial charge on any atom is 0.308 e. The molecule has 0 saturated carbocycles. The number of aliphatic carboxylic acids is 1. The summed E-state index contributed by atoms with van der Waals surface area (Å²) in [7, 11) is 1.53. The van der Waals surface area contributed by atoms with Gasteiger partial charge >= 0.3 is 5.97 Å². The average molecular weight is 582 g/mol. The first-order valence-electron chi connectivity index (χ1n) is 14.5. The number of nitrogens with zero attached hydrogens (tertiary/aromatic N) is 3. The van der Waals surface area contributed by atoms with Crippen LogP contribution in [0.1, 0.15) is 44.6 Å². The zero-order valence-electron chi connectivity index (χ0n) is 24.3. The van der Waals surface area contributed by atoms with Crippen molar-refractivity contribution in [2.24, 2.45) is 5.92 Å². The average Bonchev–Trinajstić information content (AvgIpc) is 3.69. The lowest BCUT2D eigenvalue weighted by Crippen LogP contribution is -2.44. The minimum Gasteiger partial charge on any atom is -0.494 e. The van der Waals surface area contributed by atoms with Gasteiger partial charge in [-0.2, -0.15) is 0 Å². The molecule has 3 atom stereocenters. The van der Waals surface area contributed by atoms with Crippen molar-refractivity contribution in [3.05, 3.63) is 48.2 Å². The number of aromatic hydroxyl groups is 1. The number of aromatic nitrogens is 1. The van der Waals surface area contributed by atoms with Crippen LogP contribution < -0.4 is 14.2 Å². The molecule has 1 amide bonds. The standard InChI is InChI=1S/C31H39N3O8/c1-4-11-34(42-13-5-2)27(35)18-33-17-23(21-14-25(39-3)29-26(15-21)40-19-41-29)28(31(37)38)24(33)10-12-32-16-20-8-6-7-9-22(20)30(32)36/h6-9,14-16,23-24,28,36H,4-5,10-13,17-19H2,1-3H3,(H,37,38)/t23-,24+,28?/m1/s1. The van der Waals surface area contributed by atoms with E-state index in [1.165, 1.54) is 12.2 Å². The van der Waals surface area contributed by atoms with Crippen LogP contribution >= 0.6 is 0 Å². The molecule has 0 aliphatic carbocycles. The minimum atomic E-state index is -0.953. The molecule has 2 aromatic carbocycles. The zero-order chi connectivity index (χ0) is 29.8. The number of benzene rings is 2. The molecular weight excluding hydrogens is 542 g/mol. The van der Waals surface area contributed by atoms with Crippen LogP contribution in [0.25, 0.3) is 10.8 Å². The number of amides is 1. The molecule has 3 heterocycles. The Labute approximate surface area is 245 Å². The second-order valence-corrected chi connectivity index (χ2v) is 10.8. The second kappa shape index (κ2) is 12.9. The number of ether oxygens (including phenoxy) is 3. The summed E-state index contributed by atoms with van der Waals surface area (Å²) in [5.74, 6) is -0.829. The number of likely N-dealkylation sites (tertiary alicyclic amines) is 1. The lowest BCUT2D eigenvalue weighted by atomic mass is 9.84. The zero-order valence-corrected chi connectivity index (χ0v) is 24.3. The van der Waals surface area contributed by atoms with Crippen molar-refractivity contribution in [1.29, 1.82) is 0 Å². The third-order valence-electron chi connectivity index (χ3n) is 8.07. The van der Waals surface area contributed by atoms with Crippen LogP contribution in [0.3, 0.4) is 0 Å². The predicted octanol–water partition coefficient (Wildman–Crippen LogP) is 4.22. The summed E-state index contributed by atoms with van der Waals surface area (Å²) in [6.07, 6.45) is 3.77. The molecule has 2 aliphatic heterocycles. The van der Waals surface area contributed by atoms with Crippen LogP contribution in [-0.2, 0) is 21.0 Å². The fraction of sp³-hybridized carbons (Fsp3) is 0.484. The maximum absolute atomic E-state index is 13.5. The quantitative estimate of drug-likeness (QED) is 0.286. The Kier molecular flexibility index (Phi) is 9.08. The number of rotatable bonds is 13. The van der Waals surface area contributed by atoms with Crippen molar-refractivity contribution >= 4 is 22.6 Å². The summed E-state index contributed by atoms with van der Waals surface area (Å²) < 4.78 is 18.5. The molecular formula is C31H39N3O8. The van der Waals surface area contributed by atoms with Crippen LogP contribution in [0.5, 0.6) is 23.1 Å². The lowest BCUT2D eigenvalue weighted by molar-refractivity contribution is -0.188. The lowest BCUT2D eigenvalue weighted by Gasteiger charge is -2.29. The number of carbonyl (C=O) groups excluding carboxylic acids is 1. The summed E-state index contributed by atoms with van der Waals surface area (Å²) in [6, 6.07) is 10.7. The molecule has 2 aliphatic rings. The number of aryl methyl sites for hydroxylation is 1. The van der Waals surface area contributed by atoms with Gasteiger partial charge in [-0.3, -0.25) is 19.3 Å². The molecule has 42 heavy (non-hydrogen) atoms.